The summed E-state index contributed by atoms with van der Waals surface area (Å²) in [7, 11) is 0. The fourth-order valence-corrected chi connectivity index (χ4v) is 7.89. The maximum atomic E-state index is 12.0. The van der Waals surface area contributed by atoms with E-state index in [0.717, 1.165) is 57.9 Å². The molecule has 4 fully saturated rings. The lowest BCUT2D eigenvalue weighted by Crippen LogP contribution is -2.62. The summed E-state index contributed by atoms with van der Waals surface area (Å²) in [5.41, 5.74) is 13.5. The van der Waals surface area contributed by atoms with E-state index in [0.29, 0.717) is 23.7 Å². The molecule has 0 aliphatic heterocycles. The van der Waals surface area contributed by atoms with Crippen molar-refractivity contribution in [1.29, 1.82) is 0 Å². The number of fused-ring (bicyclic) bond motifs is 5. The van der Waals surface area contributed by atoms with Crippen LogP contribution in [-0.4, -0.2) is 34.4 Å². The number of nitrogens with two attached hydrogens (primary N) is 2. The van der Waals surface area contributed by atoms with Crippen LogP contribution in [0, 0.1) is 34.5 Å². The smallest absolute Gasteiger partial charge is 0.208 e. The summed E-state index contributed by atoms with van der Waals surface area (Å²) < 4.78 is 0. The van der Waals surface area contributed by atoms with E-state index in [9.17, 15) is 10.2 Å². The Morgan fingerprint density at radius 3 is 2.56 bits per heavy atom. The van der Waals surface area contributed by atoms with Gasteiger partial charge in [-0.3, -0.25) is 0 Å². The molecule has 0 radical (unpaired) electrons. The molecule has 0 aromatic rings. The van der Waals surface area contributed by atoms with Crippen LogP contribution in [-0.2, 0) is 0 Å². The second-order valence-corrected chi connectivity index (χ2v) is 10.4. The highest BCUT2D eigenvalue weighted by Crippen LogP contribution is 2.68. The standard InChI is InChI=1S/C21H38N4O2/c1-19-8-6-15(26)11-13(19)3-4-17-16(19)7-9-20(2)14(5-10-21(17,20)27)12-24-25-18(22)23/h13-17,24,26-27H,3-12H2,1-2H3,(H4,22,23,25)/t13-,14-,15+,16?,17?,19+,20-,21+/m1/s1. The summed E-state index contributed by atoms with van der Waals surface area (Å²) >= 11 is 0. The fourth-order valence-electron chi connectivity index (χ4n) is 7.89. The van der Waals surface area contributed by atoms with Crippen LogP contribution in [0.4, 0.5) is 0 Å². The fraction of sp³-hybridized carbons (Fsp3) is 0.952. The Hall–Kier alpha value is -1.01. The Labute approximate surface area is 163 Å². The monoisotopic (exact) mass is 378 g/mol. The largest absolute Gasteiger partial charge is 0.393 e. The highest BCUT2D eigenvalue weighted by Gasteiger charge is 2.66. The molecule has 0 bridgehead atoms. The van der Waals surface area contributed by atoms with Gasteiger partial charge < -0.3 is 27.1 Å². The van der Waals surface area contributed by atoms with Crippen LogP contribution in [0.2, 0.25) is 0 Å². The van der Waals surface area contributed by atoms with Gasteiger partial charge in [0.25, 0.3) is 0 Å². The number of hydrazone groups is 1. The molecule has 154 valence electrons. The predicted octanol–water partition coefficient (Wildman–Crippen LogP) is 1.90. The Kier molecular flexibility index (Phi) is 4.66. The third kappa shape index (κ3) is 2.78. The average molecular weight is 379 g/mol. The lowest BCUT2D eigenvalue weighted by Gasteiger charge is -2.63. The third-order valence-corrected chi connectivity index (χ3v) is 9.56. The van der Waals surface area contributed by atoms with E-state index in [2.05, 4.69) is 24.4 Å². The molecule has 0 aromatic carbocycles. The van der Waals surface area contributed by atoms with E-state index in [1.165, 1.54) is 6.42 Å². The number of nitrogens with zero attached hydrogens (tertiary/aromatic N) is 1. The third-order valence-electron chi connectivity index (χ3n) is 9.56. The number of rotatable bonds is 3. The van der Waals surface area contributed by atoms with Gasteiger partial charge >= 0.3 is 0 Å². The van der Waals surface area contributed by atoms with Gasteiger partial charge in [-0.25, -0.2) is 0 Å². The summed E-state index contributed by atoms with van der Waals surface area (Å²) in [5.74, 6) is 2.05. The Bertz CT molecular complexity index is 609. The molecule has 6 nitrogen and oxygen atoms in total. The van der Waals surface area contributed by atoms with Crippen molar-refractivity contribution >= 4 is 5.96 Å². The maximum absolute atomic E-state index is 12.0. The van der Waals surface area contributed by atoms with Crippen molar-refractivity contribution in [2.45, 2.75) is 83.3 Å². The van der Waals surface area contributed by atoms with E-state index >= 15 is 0 Å². The van der Waals surface area contributed by atoms with Crippen LogP contribution in [0.15, 0.2) is 5.10 Å². The van der Waals surface area contributed by atoms with Crippen molar-refractivity contribution < 1.29 is 10.2 Å². The second kappa shape index (κ2) is 6.51. The Morgan fingerprint density at radius 2 is 1.81 bits per heavy atom. The number of nitrogens with one attached hydrogen (secondary N) is 1. The summed E-state index contributed by atoms with van der Waals surface area (Å²) in [5, 5.41) is 26.2. The van der Waals surface area contributed by atoms with Crippen LogP contribution < -0.4 is 16.9 Å². The highest BCUT2D eigenvalue weighted by atomic mass is 16.3. The lowest BCUT2D eigenvalue weighted by atomic mass is 9.43. The van der Waals surface area contributed by atoms with Crippen molar-refractivity contribution in [2.75, 3.05) is 6.54 Å². The van der Waals surface area contributed by atoms with Gasteiger partial charge in [-0.05, 0) is 86.9 Å². The normalized spacial score (nSPS) is 51.6. The minimum Gasteiger partial charge on any atom is -0.393 e. The second-order valence-electron chi connectivity index (χ2n) is 10.4. The molecule has 7 N–H and O–H groups in total. The lowest BCUT2D eigenvalue weighted by molar-refractivity contribution is -0.209. The number of hydrogen-bond acceptors (Lipinski definition) is 4. The Balaban J connectivity index is 1.56. The van der Waals surface area contributed by atoms with Gasteiger partial charge in [0.1, 0.15) is 0 Å². The molecule has 4 saturated carbocycles. The molecule has 0 amide bonds. The minimum atomic E-state index is -0.579. The molecule has 6 heteroatoms. The van der Waals surface area contributed by atoms with E-state index < -0.39 is 5.60 Å². The molecule has 0 saturated heterocycles. The van der Waals surface area contributed by atoms with Crippen molar-refractivity contribution in [2.24, 2.45) is 51.1 Å². The summed E-state index contributed by atoms with van der Waals surface area (Å²) in [6.45, 7) is 5.48. The SMILES string of the molecule is C[C@]12CC[C@H](O)C[C@H]1CCC1C2CC[C@]2(C)[C@@H](CNN=C(N)N)CC[C@]12O. The summed E-state index contributed by atoms with van der Waals surface area (Å²) in [6, 6.07) is 0. The van der Waals surface area contributed by atoms with E-state index in [1.54, 1.807) is 0 Å². The van der Waals surface area contributed by atoms with Gasteiger partial charge in [-0.2, -0.15) is 0 Å². The summed E-state index contributed by atoms with van der Waals surface area (Å²) in [4.78, 5) is 0. The van der Waals surface area contributed by atoms with Gasteiger partial charge in [0, 0.05) is 12.0 Å². The van der Waals surface area contributed by atoms with Crippen LogP contribution in [0.3, 0.4) is 0 Å². The number of hydrogen-bond donors (Lipinski definition) is 5. The zero-order chi connectivity index (χ0) is 19.4. The highest BCUT2D eigenvalue weighted by molar-refractivity contribution is 5.75. The van der Waals surface area contributed by atoms with Gasteiger partial charge in [-0.1, -0.05) is 13.8 Å². The zero-order valence-electron chi connectivity index (χ0n) is 17.0. The van der Waals surface area contributed by atoms with Crippen LogP contribution in [0.5, 0.6) is 0 Å². The minimum absolute atomic E-state index is 0.0582. The average Bonchev–Trinajstić information content (AvgIpc) is 2.87. The number of guanidine groups is 1. The van der Waals surface area contributed by atoms with Crippen LogP contribution in [0.25, 0.3) is 0 Å². The zero-order valence-corrected chi connectivity index (χ0v) is 17.0. The molecular weight excluding hydrogens is 340 g/mol. The first-order valence-corrected chi connectivity index (χ1v) is 10.9. The number of aliphatic hydroxyl groups is 2. The van der Waals surface area contributed by atoms with Crippen LogP contribution >= 0.6 is 0 Å². The first kappa shape index (κ1) is 19.3. The first-order chi connectivity index (χ1) is 12.7. The Morgan fingerprint density at radius 1 is 1.04 bits per heavy atom. The van der Waals surface area contributed by atoms with Gasteiger partial charge in [0.05, 0.1) is 11.7 Å². The summed E-state index contributed by atoms with van der Waals surface area (Å²) in [6.07, 6.45) is 9.34. The van der Waals surface area contributed by atoms with E-state index in [-0.39, 0.29) is 22.9 Å². The van der Waals surface area contributed by atoms with Crippen molar-refractivity contribution in [3.8, 4) is 0 Å². The first-order valence-electron chi connectivity index (χ1n) is 10.9. The van der Waals surface area contributed by atoms with E-state index in [4.69, 9.17) is 11.5 Å². The van der Waals surface area contributed by atoms with Gasteiger partial charge in [0.15, 0.2) is 0 Å². The van der Waals surface area contributed by atoms with Crippen molar-refractivity contribution in [3.63, 3.8) is 0 Å². The van der Waals surface area contributed by atoms with Crippen molar-refractivity contribution in [1.82, 2.24) is 5.43 Å². The van der Waals surface area contributed by atoms with Crippen molar-refractivity contribution in [3.05, 3.63) is 0 Å². The van der Waals surface area contributed by atoms with E-state index in [1.807, 2.05) is 0 Å². The molecule has 4 aliphatic carbocycles. The quantitative estimate of drug-likeness (QED) is 0.292. The molecule has 27 heavy (non-hydrogen) atoms. The molecule has 0 aromatic heterocycles. The molecule has 8 atom stereocenters. The van der Waals surface area contributed by atoms with Crippen LogP contribution in [0.1, 0.15) is 71.6 Å². The molecule has 0 heterocycles. The molecule has 4 aliphatic rings. The van der Waals surface area contributed by atoms with Gasteiger partial charge in [0.2, 0.25) is 5.96 Å². The molecule has 4 rings (SSSR count). The maximum Gasteiger partial charge on any atom is 0.208 e. The molecular formula is C21H38N4O2. The predicted molar refractivity (Wildman–Crippen MR) is 106 cm³/mol. The van der Waals surface area contributed by atoms with Gasteiger partial charge in [-0.15, -0.1) is 5.10 Å². The number of aliphatic hydroxyl groups excluding tert-OH is 1. The molecule has 0 spiro atoms. The molecule has 2 unspecified atom stereocenters. The topological polar surface area (TPSA) is 117 Å².